The van der Waals surface area contributed by atoms with E-state index in [0.717, 1.165) is 11.3 Å². The zero-order valence-corrected chi connectivity index (χ0v) is 11.9. The number of ketones is 1. The summed E-state index contributed by atoms with van der Waals surface area (Å²) in [4.78, 5) is 12.1. The summed E-state index contributed by atoms with van der Waals surface area (Å²) in [7, 11) is 3.10. The van der Waals surface area contributed by atoms with Gasteiger partial charge in [0.25, 0.3) is 0 Å². The second-order valence-corrected chi connectivity index (χ2v) is 4.35. The first-order valence-electron chi connectivity index (χ1n) is 6.37. The van der Waals surface area contributed by atoms with Gasteiger partial charge in [-0.1, -0.05) is 18.2 Å². The number of ether oxygens (including phenoxy) is 2. The standard InChI is InChI=1S/C17H16O4/c1-20-13-6-3-12(4-7-13)5-9-16(18)15-11-14(21-2)8-10-17(15)19/h3-11,19H,1-2H3. The summed E-state index contributed by atoms with van der Waals surface area (Å²) in [6, 6.07) is 11.9. The molecule has 0 saturated heterocycles. The number of aromatic hydroxyl groups is 1. The first-order valence-corrected chi connectivity index (χ1v) is 6.37. The molecule has 0 atom stereocenters. The normalized spacial score (nSPS) is 10.6. The fourth-order valence-corrected chi connectivity index (χ4v) is 1.82. The summed E-state index contributed by atoms with van der Waals surface area (Å²) in [6.07, 6.45) is 3.09. The molecular weight excluding hydrogens is 268 g/mol. The molecule has 0 radical (unpaired) electrons. The Balaban J connectivity index is 2.18. The summed E-state index contributed by atoms with van der Waals surface area (Å²) in [5, 5.41) is 9.74. The van der Waals surface area contributed by atoms with Crippen LogP contribution in [0.5, 0.6) is 17.2 Å². The van der Waals surface area contributed by atoms with Crippen molar-refractivity contribution in [3.05, 3.63) is 59.7 Å². The van der Waals surface area contributed by atoms with Gasteiger partial charge < -0.3 is 14.6 Å². The van der Waals surface area contributed by atoms with Gasteiger partial charge in [0.15, 0.2) is 5.78 Å². The van der Waals surface area contributed by atoms with Gasteiger partial charge in [0.05, 0.1) is 19.8 Å². The smallest absolute Gasteiger partial charge is 0.189 e. The molecule has 2 aromatic rings. The molecule has 2 rings (SSSR count). The van der Waals surface area contributed by atoms with E-state index >= 15 is 0 Å². The molecule has 0 aliphatic heterocycles. The zero-order valence-electron chi connectivity index (χ0n) is 11.9. The number of hydrogen-bond donors (Lipinski definition) is 1. The first kappa shape index (κ1) is 14.7. The predicted octanol–water partition coefficient (Wildman–Crippen LogP) is 3.31. The lowest BCUT2D eigenvalue weighted by Crippen LogP contribution is -1.96. The van der Waals surface area contributed by atoms with Gasteiger partial charge in [-0.2, -0.15) is 0 Å². The Labute approximate surface area is 123 Å². The topological polar surface area (TPSA) is 55.8 Å². The van der Waals surface area contributed by atoms with Gasteiger partial charge in [0.1, 0.15) is 17.2 Å². The van der Waals surface area contributed by atoms with Crippen LogP contribution in [0.1, 0.15) is 15.9 Å². The monoisotopic (exact) mass is 284 g/mol. The van der Waals surface area contributed by atoms with Crippen molar-refractivity contribution in [3.8, 4) is 17.2 Å². The number of carbonyl (C=O) groups excluding carboxylic acids is 1. The molecule has 2 aromatic carbocycles. The van der Waals surface area contributed by atoms with E-state index in [0.29, 0.717) is 5.75 Å². The highest BCUT2D eigenvalue weighted by Gasteiger charge is 2.09. The fraction of sp³-hybridized carbons (Fsp3) is 0.118. The molecule has 1 N–H and O–H groups in total. The fourth-order valence-electron chi connectivity index (χ4n) is 1.82. The molecule has 0 aliphatic rings. The summed E-state index contributed by atoms with van der Waals surface area (Å²) in [5.41, 5.74) is 1.07. The molecule has 0 fully saturated rings. The summed E-state index contributed by atoms with van der Waals surface area (Å²) >= 11 is 0. The number of phenols is 1. The van der Waals surface area contributed by atoms with Gasteiger partial charge in [-0.3, -0.25) is 4.79 Å². The third-order valence-corrected chi connectivity index (χ3v) is 3.01. The highest BCUT2D eigenvalue weighted by Crippen LogP contribution is 2.24. The van der Waals surface area contributed by atoms with Gasteiger partial charge in [0.2, 0.25) is 0 Å². The molecule has 0 bridgehead atoms. The first-order chi connectivity index (χ1) is 10.1. The molecule has 0 unspecified atom stereocenters. The van der Waals surface area contributed by atoms with E-state index in [2.05, 4.69) is 0 Å². The third kappa shape index (κ3) is 3.63. The lowest BCUT2D eigenvalue weighted by Gasteiger charge is -2.04. The summed E-state index contributed by atoms with van der Waals surface area (Å²) in [6.45, 7) is 0. The van der Waals surface area contributed by atoms with Crippen LogP contribution in [0.2, 0.25) is 0 Å². The largest absolute Gasteiger partial charge is 0.507 e. The molecule has 0 spiro atoms. The van der Waals surface area contributed by atoms with Crippen LogP contribution in [-0.4, -0.2) is 25.1 Å². The third-order valence-electron chi connectivity index (χ3n) is 3.01. The zero-order chi connectivity index (χ0) is 15.2. The van der Waals surface area contributed by atoms with E-state index in [1.165, 1.54) is 25.3 Å². The lowest BCUT2D eigenvalue weighted by atomic mass is 10.1. The Hall–Kier alpha value is -2.75. The quantitative estimate of drug-likeness (QED) is 0.676. The van der Waals surface area contributed by atoms with Gasteiger partial charge in [-0.05, 0) is 42.0 Å². The Bertz CT molecular complexity index is 657. The number of methoxy groups -OCH3 is 2. The number of allylic oxidation sites excluding steroid dienone is 1. The molecule has 0 saturated carbocycles. The van der Waals surface area contributed by atoms with Crippen LogP contribution in [-0.2, 0) is 0 Å². The van der Waals surface area contributed by atoms with Crippen LogP contribution < -0.4 is 9.47 Å². The van der Waals surface area contributed by atoms with Crippen LogP contribution in [0.15, 0.2) is 48.5 Å². The number of carbonyl (C=O) groups is 1. The van der Waals surface area contributed by atoms with Crippen molar-refractivity contribution >= 4 is 11.9 Å². The van der Waals surface area contributed by atoms with Crippen molar-refractivity contribution < 1.29 is 19.4 Å². The SMILES string of the molecule is COc1ccc(C=CC(=O)c2cc(OC)ccc2O)cc1. The highest BCUT2D eigenvalue weighted by atomic mass is 16.5. The van der Waals surface area contributed by atoms with E-state index in [9.17, 15) is 9.90 Å². The molecule has 0 aromatic heterocycles. The maximum atomic E-state index is 12.1. The minimum atomic E-state index is -0.290. The molecule has 0 aliphatic carbocycles. The van der Waals surface area contributed by atoms with Crippen molar-refractivity contribution in [1.29, 1.82) is 0 Å². The Kier molecular flexibility index (Phi) is 4.61. The predicted molar refractivity (Wildman–Crippen MR) is 81.0 cm³/mol. The van der Waals surface area contributed by atoms with Crippen molar-refractivity contribution in [2.75, 3.05) is 14.2 Å². The molecule has 108 valence electrons. The average Bonchev–Trinajstić information content (AvgIpc) is 2.53. The molecule has 0 heterocycles. The van der Waals surface area contributed by atoms with E-state index in [1.807, 2.05) is 24.3 Å². The highest BCUT2D eigenvalue weighted by molar-refractivity contribution is 6.08. The van der Waals surface area contributed by atoms with Gasteiger partial charge in [0, 0.05) is 0 Å². The lowest BCUT2D eigenvalue weighted by molar-refractivity contribution is 0.104. The Morgan fingerprint density at radius 3 is 2.24 bits per heavy atom. The molecule has 4 heteroatoms. The van der Waals surface area contributed by atoms with Crippen molar-refractivity contribution in [2.45, 2.75) is 0 Å². The van der Waals surface area contributed by atoms with Crippen LogP contribution in [0.3, 0.4) is 0 Å². The maximum absolute atomic E-state index is 12.1. The summed E-state index contributed by atoms with van der Waals surface area (Å²) in [5.74, 6) is 0.917. The van der Waals surface area contributed by atoms with Crippen molar-refractivity contribution in [2.24, 2.45) is 0 Å². The van der Waals surface area contributed by atoms with E-state index < -0.39 is 0 Å². The van der Waals surface area contributed by atoms with Gasteiger partial charge in [-0.25, -0.2) is 0 Å². The van der Waals surface area contributed by atoms with Gasteiger partial charge in [-0.15, -0.1) is 0 Å². The molecule has 0 amide bonds. The maximum Gasteiger partial charge on any atom is 0.189 e. The Morgan fingerprint density at radius 2 is 1.62 bits per heavy atom. The molecular formula is C17H16O4. The number of benzene rings is 2. The van der Waals surface area contributed by atoms with Crippen molar-refractivity contribution in [1.82, 2.24) is 0 Å². The average molecular weight is 284 g/mol. The number of hydrogen-bond acceptors (Lipinski definition) is 4. The van der Waals surface area contributed by atoms with Crippen LogP contribution in [0.4, 0.5) is 0 Å². The molecule has 4 nitrogen and oxygen atoms in total. The van der Waals surface area contributed by atoms with Crippen LogP contribution in [0.25, 0.3) is 6.08 Å². The Morgan fingerprint density at radius 1 is 1.00 bits per heavy atom. The van der Waals surface area contributed by atoms with E-state index in [4.69, 9.17) is 9.47 Å². The van der Waals surface area contributed by atoms with Crippen LogP contribution >= 0.6 is 0 Å². The minimum absolute atomic E-state index is 0.0693. The second-order valence-electron chi connectivity index (χ2n) is 4.35. The summed E-state index contributed by atoms with van der Waals surface area (Å²) < 4.78 is 10.1. The second kappa shape index (κ2) is 6.61. The van der Waals surface area contributed by atoms with Crippen molar-refractivity contribution in [3.63, 3.8) is 0 Å². The molecule has 21 heavy (non-hydrogen) atoms. The number of rotatable bonds is 5. The van der Waals surface area contributed by atoms with Gasteiger partial charge >= 0.3 is 0 Å². The minimum Gasteiger partial charge on any atom is -0.507 e. The van der Waals surface area contributed by atoms with Crippen LogP contribution in [0, 0.1) is 0 Å². The van der Waals surface area contributed by atoms with E-state index in [1.54, 1.807) is 19.3 Å². The van der Waals surface area contributed by atoms with E-state index in [-0.39, 0.29) is 17.1 Å². The number of phenolic OH excluding ortho intramolecular Hbond substituents is 1.